The van der Waals surface area contributed by atoms with Gasteiger partial charge in [-0.15, -0.1) is 0 Å². The highest BCUT2D eigenvalue weighted by atomic mass is 16.3. The molecule has 0 aromatic heterocycles. The number of rotatable bonds is 16. The summed E-state index contributed by atoms with van der Waals surface area (Å²) < 4.78 is 0. The second-order valence-corrected chi connectivity index (χ2v) is 38.6. The summed E-state index contributed by atoms with van der Waals surface area (Å²) in [6.45, 7) is 45.4. The van der Waals surface area contributed by atoms with Gasteiger partial charge in [-0.25, -0.2) is 0 Å². The van der Waals surface area contributed by atoms with E-state index >= 15 is 0 Å². The predicted octanol–water partition coefficient (Wildman–Crippen LogP) is 23.4. The Kier molecular flexibility index (Phi) is 22.2. The first kappa shape index (κ1) is 70.2. The second-order valence-electron chi connectivity index (χ2n) is 38.6. The molecule has 0 amide bonds. The molecule has 3 nitrogen and oxygen atoms in total. The third kappa shape index (κ3) is 13.2. The lowest BCUT2D eigenvalue weighted by Crippen LogP contribution is -2.54. The summed E-state index contributed by atoms with van der Waals surface area (Å²) in [7, 11) is 0. The highest BCUT2D eigenvalue weighted by Crippen LogP contribution is 2.71. The molecule has 0 spiro atoms. The minimum atomic E-state index is -0.0794. The molecule has 0 aliphatic heterocycles. The van der Waals surface area contributed by atoms with Crippen molar-refractivity contribution in [3.05, 3.63) is 23.3 Å². The largest absolute Gasteiger partial charge is 0.393 e. The first-order chi connectivity index (χ1) is 41.5. The molecule has 0 aromatic rings. The quantitative estimate of drug-likeness (QED) is 0.135. The third-order valence-electron chi connectivity index (χ3n) is 34.0. The van der Waals surface area contributed by atoms with Crippen LogP contribution in [0.5, 0.6) is 0 Å². The molecule has 3 heteroatoms. The molecule has 1 unspecified atom stereocenters. The summed E-state index contributed by atoms with van der Waals surface area (Å²) in [4.78, 5) is 0. The molecule has 0 heterocycles. The normalized spacial score (nSPS) is 47.0. The number of hydrogen-bond donors (Lipinski definition) is 3. The molecule has 12 aliphatic carbocycles. The monoisotopic (exact) mass is 1220 g/mol. The van der Waals surface area contributed by atoms with Crippen molar-refractivity contribution < 1.29 is 15.3 Å². The lowest BCUT2D eigenvalue weighted by atomic mass is 9.44. The maximum absolute atomic E-state index is 10.3. The summed E-state index contributed by atoms with van der Waals surface area (Å²) in [6.07, 6.45) is 47.9. The van der Waals surface area contributed by atoms with E-state index in [-0.39, 0.29) is 18.3 Å². The van der Waals surface area contributed by atoms with E-state index < -0.39 is 0 Å². The minimum absolute atomic E-state index is 0.0107. The molecule has 0 saturated heterocycles. The van der Waals surface area contributed by atoms with Crippen molar-refractivity contribution in [2.24, 2.45) is 163 Å². The molecule has 28 atom stereocenters. The van der Waals surface area contributed by atoms with Crippen molar-refractivity contribution in [1.29, 1.82) is 0 Å². The Balaban J connectivity index is 0.000000146. The van der Waals surface area contributed by atoms with E-state index in [2.05, 4.69) is 137 Å². The molecule has 506 valence electrons. The first-order valence-electron chi connectivity index (χ1n) is 40.0. The van der Waals surface area contributed by atoms with E-state index in [4.69, 9.17) is 0 Å². The van der Waals surface area contributed by atoms with Crippen LogP contribution in [0.25, 0.3) is 0 Å². The van der Waals surface area contributed by atoms with Crippen molar-refractivity contribution in [2.45, 2.75) is 348 Å². The number of aliphatic hydroxyl groups excluding tert-OH is 3. The molecule has 0 bridgehead atoms. The van der Waals surface area contributed by atoms with Gasteiger partial charge < -0.3 is 15.3 Å². The fraction of sp³-hybridized carbons (Fsp3) is 0.953. The molecule has 0 radical (unpaired) electrons. The standard InChI is InChI=1S/C29H50O.C28H50O.C28H48O/c1-7-21(19(2)3)9-8-20(4)25-12-13-26-24-11-10-22-18-23(30)14-16-28(22,5)27(24)15-17-29(25,26)6;2*1-18(2)19(3)7-8-20(4)24-11-12-25-23-10-9-21-17-22(29)13-15-27(21,5)26(23)14-16-28(24,25)6/h10,19-21,23-27,30H,7-9,11-18H2,1-6H3;18-26,29H,7-17H2,1-6H3;9,18-20,22-26,29H,7-8,10-17H2,1-6H3/t20-,21-,23+,24+,25-,26+,27+,28+,29-;19-,20-,21?,22+,23+,24-,25+,26+,27+,28-;19-,20-,22+,23+,24-,25+,26+,27+,28-/m111/s1. The lowest BCUT2D eigenvalue weighted by molar-refractivity contribution is -0.129. The van der Waals surface area contributed by atoms with E-state index in [9.17, 15) is 15.3 Å². The van der Waals surface area contributed by atoms with Crippen LogP contribution in [0.3, 0.4) is 0 Å². The Hall–Kier alpha value is -0.640. The van der Waals surface area contributed by atoms with Gasteiger partial charge in [-0.1, -0.05) is 186 Å². The fourth-order valence-electron chi connectivity index (χ4n) is 27.3. The first-order valence-corrected chi connectivity index (χ1v) is 40.0. The van der Waals surface area contributed by atoms with Crippen LogP contribution >= 0.6 is 0 Å². The smallest absolute Gasteiger partial charge is 0.0577 e. The van der Waals surface area contributed by atoms with Gasteiger partial charge in [0.15, 0.2) is 0 Å². The fourth-order valence-corrected chi connectivity index (χ4v) is 27.3. The number of aliphatic hydroxyl groups is 3. The van der Waals surface area contributed by atoms with E-state index in [0.29, 0.717) is 32.5 Å². The lowest BCUT2D eigenvalue weighted by Gasteiger charge is -2.61. The molecule has 10 saturated carbocycles. The Labute approximate surface area is 546 Å². The van der Waals surface area contributed by atoms with E-state index in [1.807, 2.05) is 0 Å². The van der Waals surface area contributed by atoms with Crippen LogP contribution in [-0.2, 0) is 0 Å². The number of fused-ring (bicyclic) bond motifs is 15. The van der Waals surface area contributed by atoms with E-state index in [0.717, 1.165) is 169 Å². The third-order valence-corrected chi connectivity index (χ3v) is 34.0. The van der Waals surface area contributed by atoms with Gasteiger partial charge in [0.2, 0.25) is 0 Å². The summed E-state index contributed by atoms with van der Waals surface area (Å²) in [6, 6.07) is 0. The predicted molar refractivity (Wildman–Crippen MR) is 375 cm³/mol. The summed E-state index contributed by atoms with van der Waals surface area (Å²) in [5.41, 5.74) is 6.31. The average molecular weight is 1220 g/mol. The molecule has 88 heavy (non-hydrogen) atoms. The van der Waals surface area contributed by atoms with Crippen LogP contribution in [0.4, 0.5) is 0 Å². The van der Waals surface area contributed by atoms with Gasteiger partial charge in [0.1, 0.15) is 0 Å². The van der Waals surface area contributed by atoms with E-state index in [1.54, 1.807) is 11.1 Å². The van der Waals surface area contributed by atoms with E-state index in [1.165, 1.54) is 167 Å². The van der Waals surface area contributed by atoms with Crippen molar-refractivity contribution >= 4 is 0 Å². The van der Waals surface area contributed by atoms with Gasteiger partial charge in [0.25, 0.3) is 0 Å². The second kappa shape index (κ2) is 27.8. The molecule has 12 aliphatic rings. The Bertz CT molecular complexity index is 2330. The molecule has 0 aromatic carbocycles. The van der Waals surface area contributed by atoms with Gasteiger partial charge in [-0.05, 0) is 330 Å². The van der Waals surface area contributed by atoms with Crippen LogP contribution in [0.1, 0.15) is 330 Å². The van der Waals surface area contributed by atoms with Crippen molar-refractivity contribution in [3.63, 3.8) is 0 Å². The SMILES string of the molecule is CC(C)[C@H](C)CC[C@@H](C)[C@H]1CC[C@H]2[C@@H]3CC=C4C[C@@H](O)CC[C@]4(C)[C@H]3CC[C@]12C.CC(C)[C@H](C)CC[C@@H](C)[C@H]1CC[C@H]2[C@@H]3CCC4C[C@@H](O)CC[C@]4(C)[C@H]3CC[C@]12C.CC[C@H](CC[C@@H](C)[C@H]1CC[C@H]2[C@@H]3CC=C4C[C@@H](O)CC[C@]4(C)[C@H]3CC[C@]12C)C(C)C. The number of hydrogen-bond acceptors (Lipinski definition) is 3. The topological polar surface area (TPSA) is 60.7 Å². The Morgan fingerprint density at radius 1 is 0.375 bits per heavy atom. The summed E-state index contributed by atoms with van der Waals surface area (Å²) in [5, 5.41) is 30.7. The van der Waals surface area contributed by atoms with Crippen LogP contribution < -0.4 is 0 Å². The number of allylic oxidation sites excluding steroid dienone is 2. The Morgan fingerprint density at radius 2 is 0.750 bits per heavy atom. The van der Waals surface area contributed by atoms with Crippen LogP contribution in [0.2, 0.25) is 0 Å². The van der Waals surface area contributed by atoms with Gasteiger partial charge in [0, 0.05) is 0 Å². The molecule has 10 fully saturated rings. The highest BCUT2D eigenvalue weighted by Gasteiger charge is 2.63. The van der Waals surface area contributed by atoms with Crippen molar-refractivity contribution in [2.75, 3.05) is 0 Å². The summed E-state index contributed by atoms with van der Waals surface area (Å²) >= 11 is 0. The minimum Gasteiger partial charge on any atom is -0.393 e. The highest BCUT2D eigenvalue weighted by molar-refractivity contribution is 5.27. The summed E-state index contributed by atoms with van der Waals surface area (Å²) in [5.74, 6) is 19.8. The molecular formula is C85H148O3. The maximum Gasteiger partial charge on any atom is 0.0577 e. The molecule has 12 rings (SSSR count). The van der Waals surface area contributed by atoms with Crippen LogP contribution in [0.15, 0.2) is 23.3 Å². The molecular weight excluding hydrogens is 1070 g/mol. The van der Waals surface area contributed by atoms with Gasteiger partial charge in [-0.2, -0.15) is 0 Å². The van der Waals surface area contributed by atoms with Gasteiger partial charge >= 0.3 is 0 Å². The van der Waals surface area contributed by atoms with Gasteiger partial charge in [0.05, 0.1) is 18.3 Å². The van der Waals surface area contributed by atoms with Gasteiger partial charge in [-0.3, -0.25) is 0 Å². The molecule has 3 N–H and O–H groups in total. The maximum atomic E-state index is 10.3. The van der Waals surface area contributed by atoms with Crippen LogP contribution in [-0.4, -0.2) is 33.6 Å². The van der Waals surface area contributed by atoms with Crippen LogP contribution in [0, 0.1) is 163 Å². The zero-order valence-corrected chi connectivity index (χ0v) is 61.6. The average Bonchev–Trinajstić information content (AvgIpc) is 1.24. The zero-order chi connectivity index (χ0) is 63.6. The Morgan fingerprint density at radius 3 is 1.16 bits per heavy atom. The van der Waals surface area contributed by atoms with Crippen molar-refractivity contribution in [3.8, 4) is 0 Å². The van der Waals surface area contributed by atoms with Crippen molar-refractivity contribution in [1.82, 2.24) is 0 Å². The zero-order valence-electron chi connectivity index (χ0n) is 61.6.